The Morgan fingerprint density at radius 2 is 2.12 bits per heavy atom. The molecule has 1 heterocycles. The lowest BCUT2D eigenvalue weighted by Crippen LogP contribution is -2.27. The van der Waals surface area contributed by atoms with Gasteiger partial charge in [0.15, 0.2) is 0 Å². The number of hydrogen-bond acceptors (Lipinski definition) is 2. The van der Waals surface area contributed by atoms with E-state index in [1.54, 1.807) is 4.57 Å². The van der Waals surface area contributed by atoms with Gasteiger partial charge >= 0.3 is 0 Å². The standard InChI is InChI=1S/C13H14N2O/c1-9-14-11-7-2-3-8-12(11)15(9)13(16)10-5-4-6-10/h2-3,7-8,10H,4-6H2,1H3. The molecule has 0 atom stereocenters. The number of imidazole rings is 1. The summed E-state index contributed by atoms with van der Waals surface area (Å²) >= 11 is 0. The van der Waals surface area contributed by atoms with Crippen LogP contribution in [0, 0.1) is 12.8 Å². The molecule has 3 rings (SSSR count). The fourth-order valence-corrected chi connectivity index (χ4v) is 2.26. The molecular weight excluding hydrogens is 200 g/mol. The van der Waals surface area contributed by atoms with Gasteiger partial charge in [0.1, 0.15) is 5.82 Å². The summed E-state index contributed by atoms with van der Waals surface area (Å²) in [6.07, 6.45) is 3.25. The molecule has 3 heteroatoms. The van der Waals surface area contributed by atoms with E-state index < -0.39 is 0 Å². The fourth-order valence-electron chi connectivity index (χ4n) is 2.26. The van der Waals surface area contributed by atoms with E-state index in [-0.39, 0.29) is 11.8 Å². The van der Waals surface area contributed by atoms with Crippen LogP contribution in [0.15, 0.2) is 24.3 Å². The summed E-state index contributed by atoms with van der Waals surface area (Å²) < 4.78 is 1.78. The van der Waals surface area contributed by atoms with E-state index in [9.17, 15) is 4.79 Å². The maximum Gasteiger partial charge on any atom is 0.235 e. The molecule has 0 N–H and O–H groups in total. The molecule has 16 heavy (non-hydrogen) atoms. The topological polar surface area (TPSA) is 34.9 Å². The molecule has 1 saturated carbocycles. The molecule has 0 aliphatic heterocycles. The Balaban J connectivity index is 2.14. The summed E-state index contributed by atoms with van der Waals surface area (Å²) in [6.45, 7) is 1.90. The summed E-state index contributed by atoms with van der Waals surface area (Å²) in [6, 6.07) is 7.82. The van der Waals surface area contributed by atoms with Crippen LogP contribution >= 0.6 is 0 Å². The molecular formula is C13H14N2O. The average Bonchev–Trinajstić information content (AvgIpc) is 2.50. The Bertz CT molecular complexity index is 552. The summed E-state index contributed by atoms with van der Waals surface area (Å²) in [7, 11) is 0. The zero-order valence-corrected chi connectivity index (χ0v) is 9.31. The quantitative estimate of drug-likeness (QED) is 0.731. The van der Waals surface area contributed by atoms with Crippen LogP contribution in [0.25, 0.3) is 11.0 Å². The highest BCUT2D eigenvalue weighted by molar-refractivity contribution is 5.92. The zero-order valence-electron chi connectivity index (χ0n) is 9.31. The van der Waals surface area contributed by atoms with Crippen LogP contribution < -0.4 is 0 Å². The molecule has 1 aliphatic carbocycles. The van der Waals surface area contributed by atoms with Crippen molar-refractivity contribution in [3.63, 3.8) is 0 Å². The number of aromatic nitrogens is 2. The molecule has 0 amide bonds. The van der Waals surface area contributed by atoms with Gasteiger partial charge in [-0.05, 0) is 31.9 Å². The fraction of sp³-hybridized carbons (Fsp3) is 0.385. The molecule has 0 saturated heterocycles. The van der Waals surface area contributed by atoms with Crippen LogP contribution in [0.2, 0.25) is 0 Å². The minimum Gasteiger partial charge on any atom is -0.274 e. The third kappa shape index (κ3) is 1.28. The molecule has 0 radical (unpaired) electrons. The second kappa shape index (κ2) is 3.44. The lowest BCUT2D eigenvalue weighted by molar-refractivity contribution is 0.0767. The average molecular weight is 214 g/mol. The predicted octanol–water partition coefficient (Wildman–Crippen LogP) is 2.79. The number of aryl methyl sites for hydroxylation is 1. The summed E-state index contributed by atoms with van der Waals surface area (Å²) in [5, 5.41) is 0. The molecule has 1 aromatic heterocycles. The number of nitrogens with zero attached hydrogens (tertiary/aromatic N) is 2. The molecule has 0 spiro atoms. The van der Waals surface area contributed by atoms with Crippen molar-refractivity contribution in [3.05, 3.63) is 30.1 Å². The van der Waals surface area contributed by atoms with Crippen molar-refractivity contribution in [1.29, 1.82) is 0 Å². The molecule has 0 bridgehead atoms. The first-order chi connectivity index (χ1) is 7.77. The summed E-state index contributed by atoms with van der Waals surface area (Å²) in [5.41, 5.74) is 1.85. The van der Waals surface area contributed by atoms with E-state index in [1.165, 1.54) is 6.42 Å². The molecule has 1 aliphatic rings. The van der Waals surface area contributed by atoms with E-state index in [0.717, 1.165) is 29.7 Å². The lowest BCUT2D eigenvalue weighted by Gasteiger charge is -2.24. The van der Waals surface area contributed by atoms with Gasteiger partial charge in [0, 0.05) is 5.92 Å². The monoisotopic (exact) mass is 214 g/mol. The van der Waals surface area contributed by atoms with Crippen molar-refractivity contribution >= 4 is 16.9 Å². The summed E-state index contributed by atoms with van der Waals surface area (Å²) in [5.74, 6) is 1.24. The van der Waals surface area contributed by atoms with Crippen LogP contribution in [-0.4, -0.2) is 15.5 Å². The number of hydrogen-bond donors (Lipinski definition) is 0. The van der Waals surface area contributed by atoms with Crippen LogP contribution in [0.3, 0.4) is 0 Å². The lowest BCUT2D eigenvalue weighted by atomic mass is 9.84. The second-order valence-electron chi connectivity index (χ2n) is 4.45. The first kappa shape index (κ1) is 9.58. The molecule has 2 aromatic rings. The van der Waals surface area contributed by atoms with Crippen LogP contribution in [-0.2, 0) is 0 Å². The first-order valence-corrected chi connectivity index (χ1v) is 5.75. The Kier molecular flexibility index (Phi) is 2.06. The van der Waals surface area contributed by atoms with E-state index in [2.05, 4.69) is 4.98 Å². The molecule has 1 aromatic carbocycles. The molecule has 3 nitrogen and oxygen atoms in total. The van der Waals surface area contributed by atoms with Gasteiger partial charge in [0.05, 0.1) is 11.0 Å². The Labute approximate surface area is 94.1 Å². The smallest absolute Gasteiger partial charge is 0.235 e. The highest BCUT2D eigenvalue weighted by atomic mass is 16.2. The third-order valence-electron chi connectivity index (χ3n) is 3.40. The highest BCUT2D eigenvalue weighted by Crippen LogP contribution is 2.29. The normalized spacial score (nSPS) is 16.3. The number of carbonyl (C=O) groups excluding carboxylic acids is 1. The van der Waals surface area contributed by atoms with Crippen molar-refractivity contribution in [3.8, 4) is 0 Å². The number of rotatable bonds is 1. The van der Waals surface area contributed by atoms with Crippen molar-refractivity contribution in [2.24, 2.45) is 5.92 Å². The molecule has 82 valence electrons. The van der Waals surface area contributed by atoms with Gasteiger partial charge in [0.2, 0.25) is 5.91 Å². The molecule has 0 unspecified atom stereocenters. The van der Waals surface area contributed by atoms with Crippen LogP contribution in [0.5, 0.6) is 0 Å². The number of fused-ring (bicyclic) bond motifs is 1. The van der Waals surface area contributed by atoms with Crippen molar-refractivity contribution in [1.82, 2.24) is 9.55 Å². The second-order valence-corrected chi connectivity index (χ2v) is 4.45. The van der Waals surface area contributed by atoms with Crippen LogP contribution in [0.4, 0.5) is 0 Å². The van der Waals surface area contributed by atoms with Gasteiger partial charge in [-0.2, -0.15) is 0 Å². The van der Waals surface area contributed by atoms with E-state index in [0.29, 0.717) is 0 Å². The Hall–Kier alpha value is -1.64. The summed E-state index contributed by atoms with van der Waals surface area (Å²) in [4.78, 5) is 16.7. The first-order valence-electron chi connectivity index (χ1n) is 5.75. The van der Waals surface area contributed by atoms with Gasteiger partial charge in [-0.25, -0.2) is 4.98 Å². The van der Waals surface area contributed by atoms with Crippen molar-refractivity contribution < 1.29 is 4.79 Å². The number of benzene rings is 1. The van der Waals surface area contributed by atoms with Gasteiger partial charge in [-0.3, -0.25) is 9.36 Å². The zero-order chi connectivity index (χ0) is 11.1. The van der Waals surface area contributed by atoms with Gasteiger partial charge in [-0.1, -0.05) is 18.6 Å². The SMILES string of the molecule is Cc1nc2ccccc2n1C(=O)C1CCC1. The van der Waals surface area contributed by atoms with Crippen LogP contribution in [0.1, 0.15) is 29.9 Å². The number of carbonyl (C=O) groups is 1. The van der Waals surface area contributed by atoms with Gasteiger partial charge < -0.3 is 0 Å². The predicted molar refractivity (Wildman–Crippen MR) is 62.4 cm³/mol. The molecule has 1 fully saturated rings. The van der Waals surface area contributed by atoms with Gasteiger partial charge in [-0.15, -0.1) is 0 Å². The van der Waals surface area contributed by atoms with E-state index >= 15 is 0 Å². The number of para-hydroxylation sites is 2. The minimum absolute atomic E-state index is 0.219. The maximum absolute atomic E-state index is 12.2. The van der Waals surface area contributed by atoms with E-state index in [4.69, 9.17) is 0 Å². The van der Waals surface area contributed by atoms with Gasteiger partial charge in [0.25, 0.3) is 0 Å². The minimum atomic E-state index is 0.219. The third-order valence-corrected chi connectivity index (χ3v) is 3.40. The van der Waals surface area contributed by atoms with E-state index in [1.807, 2.05) is 31.2 Å². The van der Waals surface area contributed by atoms with Crippen molar-refractivity contribution in [2.75, 3.05) is 0 Å². The Morgan fingerprint density at radius 3 is 2.81 bits per heavy atom. The largest absolute Gasteiger partial charge is 0.274 e. The Morgan fingerprint density at radius 1 is 1.38 bits per heavy atom. The maximum atomic E-state index is 12.2. The van der Waals surface area contributed by atoms with Crippen molar-refractivity contribution in [2.45, 2.75) is 26.2 Å². The highest BCUT2D eigenvalue weighted by Gasteiger charge is 2.28.